The van der Waals surface area contributed by atoms with Crippen LogP contribution < -0.4 is 10.6 Å². The molecule has 0 aromatic heterocycles. The standard InChI is InChI=1S/C25H23N3O2S/c1-28(18-20-11-6-3-7-12-20)24(30)21-13-8-14-22(17-21)26-25(31)27-23(29)16-15-19-9-4-2-5-10-19/h2-17H,18H2,1H3,(H2,26,27,29,31)/b16-15-. The number of amides is 2. The first kappa shape index (κ1) is 21.9. The minimum absolute atomic E-state index is 0.103. The lowest BCUT2D eigenvalue weighted by Gasteiger charge is -2.18. The highest BCUT2D eigenvalue weighted by atomic mass is 32.1. The molecule has 0 saturated carbocycles. The summed E-state index contributed by atoms with van der Waals surface area (Å²) >= 11 is 5.22. The third kappa shape index (κ3) is 6.90. The number of nitrogens with zero attached hydrogens (tertiary/aromatic N) is 1. The third-order valence-corrected chi connectivity index (χ3v) is 4.64. The summed E-state index contributed by atoms with van der Waals surface area (Å²) in [4.78, 5) is 26.5. The van der Waals surface area contributed by atoms with E-state index in [0.717, 1.165) is 11.1 Å². The first-order chi connectivity index (χ1) is 15.0. The minimum atomic E-state index is -0.337. The fourth-order valence-electron chi connectivity index (χ4n) is 2.93. The van der Waals surface area contributed by atoms with Crippen LogP contribution in [0.3, 0.4) is 0 Å². The van der Waals surface area contributed by atoms with Crippen molar-refractivity contribution < 1.29 is 9.59 Å². The number of carbonyl (C=O) groups is 2. The van der Waals surface area contributed by atoms with Crippen molar-refractivity contribution in [2.75, 3.05) is 12.4 Å². The zero-order valence-corrected chi connectivity index (χ0v) is 17.9. The molecule has 0 spiro atoms. The molecule has 6 heteroatoms. The van der Waals surface area contributed by atoms with Gasteiger partial charge in [-0.1, -0.05) is 66.7 Å². The van der Waals surface area contributed by atoms with Crippen molar-refractivity contribution in [2.45, 2.75) is 6.54 Å². The third-order valence-electron chi connectivity index (χ3n) is 4.44. The molecule has 5 nitrogen and oxygen atoms in total. The monoisotopic (exact) mass is 429 g/mol. The lowest BCUT2D eigenvalue weighted by Crippen LogP contribution is -2.33. The van der Waals surface area contributed by atoms with E-state index in [4.69, 9.17) is 12.2 Å². The SMILES string of the molecule is CN(Cc1ccccc1)C(=O)c1cccc(NC(=S)NC(=O)/C=C\c2ccccc2)c1. The quantitative estimate of drug-likeness (QED) is 0.448. The Bertz CT molecular complexity index is 1080. The van der Waals surface area contributed by atoms with E-state index in [1.165, 1.54) is 6.08 Å². The average molecular weight is 430 g/mol. The smallest absolute Gasteiger partial charge is 0.253 e. The molecule has 0 atom stereocenters. The number of hydrogen-bond donors (Lipinski definition) is 2. The van der Waals surface area contributed by atoms with E-state index in [1.54, 1.807) is 42.3 Å². The summed E-state index contributed by atoms with van der Waals surface area (Å²) in [7, 11) is 1.76. The van der Waals surface area contributed by atoms with E-state index >= 15 is 0 Å². The maximum absolute atomic E-state index is 12.8. The molecule has 156 valence electrons. The minimum Gasteiger partial charge on any atom is -0.337 e. The molecule has 2 amide bonds. The molecule has 0 fully saturated rings. The molecule has 3 aromatic rings. The van der Waals surface area contributed by atoms with Gasteiger partial charge in [0.25, 0.3) is 5.91 Å². The van der Waals surface area contributed by atoms with E-state index in [-0.39, 0.29) is 16.9 Å². The van der Waals surface area contributed by atoms with Crippen molar-refractivity contribution in [3.05, 3.63) is 108 Å². The van der Waals surface area contributed by atoms with Gasteiger partial charge in [0, 0.05) is 30.9 Å². The first-order valence-corrected chi connectivity index (χ1v) is 10.2. The Morgan fingerprint density at radius 1 is 0.935 bits per heavy atom. The zero-order valence-electron chi connectivity index (χ0n) is 17.1. The fraction of sp³-hybridized carbons (Fsp3) is 0.0800. The summed E-state index contributed by atoms with van der Waals surface area (Å²) in [6.45, 7) is 0.513. The van der Waals surface area contributed by atoms with Crippen LogP contribution in [0.15, 0.2) is 91.0 Å². The van der Waals surface area contributed by atoms with Gasteiger partial charge >= 0.3 is 0 Å². The van der Waals surface area contributed by atoms with Crippen molar-refractivity contribution in [2.24, 2.45) is 0 Å². The highest BCUT2D eigenvalue weighted by molar-refractivity contribution is 7.80. The highest BCUT2D eigenvalue weighted by Crippen LogP contribution is 2.14. The van der Waals surface area contributed by atoms with Gasteiger partial charge in [-0.3, -0.25) is 14.9 Å². The summed E-state index contributed by atoms with van der Waals surface area (Å²) < 4.78 is 0. The fourth-order valence-corrected chi connectivity index (χ4v) is 3.15. The van der Waals surface area contributed by atoms with Gasteiger partial charge in [-0.05, 0) is 47.6 Å². The van der Waals surface area contributed by atoms with Crippen molar-refractivity contribution in [1.29, 1.82) is 0 Å². The molecule has 0 saturated heterocycles. The molecular weight excluding hydrogens is 406 g/mol. The lowest BCUT2D eigenvalue weighted by atomic mass is 10.1. The molecule has 3 rings (SSSR count). The second kappa shape index (κ2) is 10.8. The maximum Gasteiger partial charge on any atom is 0.253 e. The molecule has 0 aliphatic carbocycles. The number of carbonyl (C=O) groups excluding carboxylic acids is 2. The number of anilines is 1. The second-order valence-corrected chi connectivity index (χ2v) is 7.32. The Morgan fingerprint density at radius 3 is 2.32 bits per heavy atom. The Balaban J connectivity index is 1.56. The predicted molar refractivity (Wildman–Crippen MR) is 129 cm³/mol. The molecule has 3 aromatic carbocycles. The van der Waals surface area contributed by atoms with Crippen LogP contribution in [-0.4, -0.2) is 28.9 Å². The molecule has 0 aliphatic rings. The molecule has 2 N–H and O–H groups in total. The van der Waals surface area contributed by atoms with Crippen LogP contribution in [0.1, 0.15) is 21.5 Å². The van der Waals surface area contributed by atoms with Gasteiger partial charge in [0.05, 0.1) is 0 Å². The summed E-state index contributed by atoms with van der Waals surface area (Å²) in [5.41, 5.74) is 3.13. The van der Waals surface area contributed by atoms with Crippen LogP contribution in [-0.2, 0) is 11.3 Å². The normalized spacial score (nSPS) is 10.5. The van der Waals surface area contributed by atoms with Gasteiger partial charge in [0.1, 0.15) is 0 Å². The topological polar surface area (TPSA) is 61.4 Å². The number of benzene rings is 3. The number of nitrogens with one attached hydrogen (secondary N) is 2. The van der Waals surface area contributed by atoms with Crippen molar-refractivity contribution in [3.8, 4) is 0 Å². The van der Waals surface area contributed by atoms with Crippen molar-refractivity contribution in [1.82, 2.24) is 10.2 Å². The Kier molecular flexibility index (Phi) is 7.67. The van der Waals surface area contributed by atoms with Gasteiger partial charge in [-0.15, -0.1) is 0 Å². The Labute approximate surface area is 187 Å². The average Bonchev–Trinajstić information content (AvgIpc) is 2.78. The number of thiocarbonyl (C=S) groups is 1. The first-order valence-electron chi connectivity index (χ1n) is 9.76. The highest BCUT2D eigenvalue weighted by Gasteiger charge is 2.13. The maximum atomic E-state index is 12.8. The zero-order chi connectivity index (χ0) is 22.1. The molecule has 0 bridgehead atoms. The molecule has 31 heavy (non-hydrogen) atoms. The van der Waals surface area contributed by atoms with E-state index in [9.17, 15) is 9.59 Å². The van der Waals surface area contributed by atoms with Gasteiger partial charge < -0.3 is 10.2 Å². The van der Waals surface area contributed by atoms with Gasteiger partial charge in [0.2, 0.25) is 5.91 Å². The van der Waals surface area contributed by atoms with Gasteiger partial charge in [-0.2, -0.15) is 0 Å². The number of rotatable bonds is 6. The Morgan fingerprint density at radius 2 is 1.61 bits per heavy atom. The summed E-state index contributed by atoms with van der Waals surface area (Å²) in [6, 6.07) is 26.3. The molecular formula is C25H23N3O2S. The second-order valence-electron chi connectivity index (χ2n) is 6.92. The van der Waals surface area contributed by atoms with Crippen molar-refractivity contribution >= 4 is 40.9 Å². The summed E-state index contributed by atoms with van der Waals surface area (Å²) in [5.74, 6) is -0.440. The van der Waals surface area contributed by atoms with E-state index in [0.29, 0.717) is 17.8 Å². The van der Waals surface area contributed by atoms with E-state index < -0.39 is 0 Å². The largest absolute Gasteiger partial charge is 0.337 e. The predicted octanol–water partition coefficient (Wildman–Crippen LogP) is 4.49. The van der Waals surface area contributed by atoms with Crippen LogP contribution in [0.25, 0.3) is 6.08 Å². The van der Waals surface area contributed by atoms with Crippen LogP contribution in [0.4, 0.5) is 5.69 Å². The van der Waals surface area contributed by atoms with Crippen LogP contribution in [0.5, 0.6) is 0 Å². The molecule has 0 radical (unpaired) electrons. The molecule has 0 heterocycles. The summed E-state index contributed by atoms with van der Waals surface area (Å²) in [6.07, 6.45) is 3.13. The number of hydrogen-bond acceptors (Lipinski definition) is 3. The van der Waals surface area contributed by atoms with E-state index in [2.05, 4.69) is 10.6 Å². The molecule has 0 unspecified atom stereocenters. The Hall–Kier alpha value is -3.77. The lowest BCUT2D eigenvalue weighted by molar-refractivity contribution is -0.115. The van der Waals surface area contributed by atoms with E-state index in [1.807, 2.05) is 60.7 Å². The molecule has 0 aliphatic heterocycles. The van der Waals surface area contributed by atoms with Crippen LogP contribution in [0.2, 0.25) is 0 Å². The van der Waals surface area contributed by atoms with Crippen LogP contribution in [0, 0.1) is 0 Å². The van der Waals surface area contributed by atoms with Gasteiger partial charge in [0.15, 0.2) is 5.11 Å². The van der Waals surface area contributed by atoms with Crippen LogP contribution >= 0.6 is 12.2 Å². The summed E-state index contributed by atoms with van der Waals surface area (Å²) in [5, 5.41) is 5.71. The van der Waals surface area contributed by atoms with Crippen molar-refractivity contribution in [3.63, 3.8) is 0 Å². The van der Waals surface area contributed by atoms with Gasteiger partial charge in [-0.25, -0.2) is 0 Å².